The van der Waals surface area contributed by atoms with Crippen molar-refractivity contribution in [3.8, 4) is 0 Å². The van der Waals surface area contributed by atoms with Crippen LogP contribution in [0.25, 0.3) is 0 Å². The summed E-state index contributed by atoms with van der Waals surface area (Å²) in [5.41, 5.74) is -1.01. The zero-order valence-electron chi connectivity index (χ0n) is 18.4. The van der Waals surface area contributed by atoms with Gasteiger partial charge in [0, 0.05) is 35.4 Å². The summed E-state index contributed by atoms with van der Waals surface area (Å²) in [5.74, 6) is -4.12. The van der Waals surface area contributed by atoms with Crippen molar-refractivity contribution < 1.29 is 29.0 Å². The third-order valence-electron chi connectivity index (χ3n) is 6.27. The standard InChI is InChI=1S/C23H20N4O8/c28-20(14-5-3-7-16(11-14)26(32)33)13-24(21(29)15-6-4-8-17(12-15)27(34)35)25-22(30)18-9-1-2-10-19(18)23(25)31/h3-8,11-12,18-19H,1-2,9-10,13H2/t18-,19+. The van der Waals surface area contributed by atoms with Gasteiger partial charge >= 0.3 is 0 Å². The van der Waals surface area contributed by atoms with Crippen LogP contribution in [0.4, 0.5) is 11.4 Å². The van der Waals surface area contributed by atoms with Gasteiger partial charge < -0.3 is 0 Å². The van der Waals surface area contributed by atoms with E-state index in [1.165, 1.54) is 36.4 Å². The molecule has 12 nitrogen and oxygen atoms in total. The Hall–Kier alpha value is -4.48. The predicted molar refractivity (Wildman–Crippen MR) is 119 cm³/mol. The molecule has 4 rings (SSSR count). The Morgan fingerprint density at radius 3 is 1.86 bits per heavy atom. The number of hydrazine groups is 1. The molecule has 0 unspecified atom stereocenters. The number of ketones is 1. The van der Waals surface area contributed by atoms with Crippen LogP contribution < -0.4 is 0 Å². The summed E-state index contributed by atoms with van der Waals surface area (Å²) in [6.45, 7) is -0.764. The fourth-order valence-corrected chi connectivity index (χ4v) is 4.54. The molecular formula is C23H20N4O8. The zero-order valence-corrected chi connectivity index (χ0v) is 18.4. The van der Waals surface area contributed by atoms with Crippen molar-refractivity contribution in [2.75, 3.05) is 6.54 Å². The third kappa shape index (κ3) is 4.50. The number of carbonyl (C=O) groups is 4. The average molecular weight is 480 g/mol. The fraction of sp³-hybridized carbons (Fsp3) is 0.304. The topological polar surface area (TPSA) is 161 Å². The Morgan fingerprint density at radius 2 is 1.34 bits per heavy atom. The molecule has 1 aliphatic heterocycles. The molecule has 0 spiro atoms. The molecule has 0 aromatic heterocycles. The molecule has 1 heterocycles. The Morgan fingerprint density at radius 1 is 0.857 bits per heavy atom. The first-order valence-corrected chi connectivity index (χ1v) is 10.9. The number of nitrogens with zero attached hydrogens (tertiary/aromatic N) is 4. The van der Waals surface area contributed by atoms with Crippen LogP contribution >= 0.6 is 0 Å². The molecule has 1 aliphatic carbocycles. The van der Waals surface area contributed by atoms with Crippen molar-refractivity contribution in [3.05, 3.63) is 79.9 Å². The van der Waals surface area contributed by atoms with E-state index in [9.17, 15) is 39.4 Å². The molecule has 0 N–H and O–H groups in total. The lowest BCUT2D eigenvalue weighted by Crippen LogP contribution is -2.52. The number of non-ortho nitro benzene ring substituents is 2. The molecule has 2 fully saturated rings. The van der Waals surface area contributed by atoms with Crippen LogP contribution in [0.3, 0.4) is 0 Å². The number of benzene rings is 2. The lowest BCUT2D eigenvalue weighted by atomic mass is 9.81. The summed E-state index contributed by atoms with van der Waals surface area (Å²) in [6, 6.07) is 9.57. The van der Waals surface area contributed by atoms with Gasteiger partial charge in [-0.25, -0.2) is 5.01 Å². The van der Waals surface area contributed by atoms with E-state index in [0.717, 1.165) is 25.0 Å². The molecule has 12 heteroatoms. The van der Waals surface area contributed by atoms with E-state index in [-0.39, 0.29) is 22.5 Å². The van der Waals surface area contributed by atoms with Crippen LogP contribution in [0.2, 0.25) is 0 Å². The van der Waals surface area contributed by atoms with Crippen molar-refractivity contribution >= 4 is 34.9 Å². The molecule has 180 valence electrons. The lowest BCUT2D eigenvalue weighted by Gasteiger charge is -2.30. The molecule has 0 bridgehead atoms. The minimum atomic E-state index is -0.951. The maximum atomic E-state index is 13.4. The van der Waals surface area contributed by atoms with Gasteiger partial charge in [0.2, 0.25) is 0 Å². The van der Waals surface area contributed by atoms with Crippen molar-refractivity contribution in [2.24, 2.45) is 11.8 Å². The predicted octanol–water partition coefficient (Wildman–Crippen LogP) is 2.92. The largest absolute Gasteiger partial charge is 0.292 e. The van der Waals surface area contributed by atoms with Gasteiger partial charge in [0.15, 0.2) is 5.78 Å². The average Bonchev–Trinajstić information content (AvgIpc) is 3.12. The summed E-state index contributed by atoms with van der Waals surface area (Å²) < 4.78 is 0. The second kappa shape index (κ2) is 9.41. The molecule has 3 amide bonds. The molecule has 1 saturated heterocycles. The number of Topliss-reactive ketones (excluding diaryl/α,β-unsaturated/α-hetero) is 1. The molecule has 1 saturated carbocycles. The maximum absolute atomic E-state index is 13.4. The SMILES string of the molecule is O=C(CN(C(=O)c1cccc([N+](=O)[O-])c1)N1C(=O)[C@H]2CCCC[C@H]2C1=O)c1cccc([N+](=O)[O-])c1. The Kier molecular flexibility index (Phi) is 6.36. The quantitative estimate of drug-likeness (QED) is 0.253. The van der Waals surface area contributed by atoms with Gasteiger partial charge in [-0.05, 0) is 18.9 Å². The van der Waals surface area contributed by atoms with Crippen LogP contribution in [0.1, 0.15) is 46.4 Å². The van der Waals surface area contributed by atoms with Gasteiger partial charge in [0.25, 0.3) is 29.1 Å². The molecule has 0 radical (unpaired) electrons. The fourth-order valence-electron chi connectivity index (χ4n) is 4.54. The second-order valence-electron chi connectivity index (χ2n) is 8.39. The highest BCUT2D eigenvalue weighted by atomic mass is 16.6. The number of fused-ring (bicyclic) bond motifs is 1. The monoisotopic (exact) mass is 480 g/mol. The van der Waals surface area contributed by atoms with Crippen LogP contribution in [-0.4, -0.2) is 49.9 Å². The number of amides is 3. The highest BCUT2D eigenvalue weighted by Crippen LogP contribution is 2.39. The van der Waals surface area contributed by atoms with Crippen LogP contribution in [-0.2, 0) is 9.59 Å². The first kappa shape index (κ1) is 23.7. The van der Waals surface area contributed by atoms with Gasteiger partial charge in [0.05, 0.1) is 21.7 Å². The molecule has 35 heavy (non-hydrogen) atoms. The van der Waals surface area contributed by atoms with E-state index >= 15 is 0 Å². The van der Waals surface area contributed by atoms with E-state index < -0.39 is 51.7 Å². The van der Waals surface area contributed by atoms with Crippen molar-refractivity contribution in [1.82, 2.24) is 10.0 Å². The van der Waals surface area contributed by atoms with Gasteiger partial charge in [-0.2, -0.15) is 5.01 Å². The van der Waals surface area contributed by atoms with Crippen LogP contribution in [0.15, 0.2) is 48.5 Å². The number of nitro groups is 2. The molecule has 2 aliphatic rings. The minimum Gasteiger partial charge on any atom is -0.292 e. The van der Waals surface area contributed by atoms with Gasteiger partial charge in [-0.1, -0.05) is 31.0 Å². The van der Waals surface area contributed by atoms with Crippen molar-refractivity contribution in [3.63, 3.8) is 0 Å². The number of rotatable bonds is 7. The van der Waals surface area contributed by atoms with Gasteiger partial charge in [0.1, 0.15) is 6.54 Å². The van der Waals surface area contributed by atoms with E-state index in [2.05, 4.69) is 0 Å². The van der Waals surface area contributed by atoms with Gasteiger partial charge in [-0.3, -0.25) is 39.4 Å². The zero-order chi connectivity index (χ0) is 25.3. The van der Waals surface area contributed by atoms with E-state index in [0.29, 0.717) is 22.9 Å². The molecule has 2 atom stereocenters. The van der Waals surface area contributed by atoms with Crippen molar-refractivity contribution in [2.45, 2.75) is 25.7 Å². The first-order chi connectivity index (χ1) is 16.7. The minimum absolute atomic E-state index is 0.0902. The summed E-state index contributed by atoms with van der Waals surface area (Å²) in [7, 11) is 0. The number of carbonyl (C=O) groups excluding carboxylic acids is 4. The summed E-state index contributed by atoms with van der Waals surface area (Å²) in [6.07, 6.45) is 2.45. The first-order valence-electron chi connectivity index (χ1n) is 10.9. The van der Waals surface area contributed by atoms with Gasteiger partial charge in [-0.15, -0.1) is 0 Å². The highest BCUT2D eigenvalue weighted by Gasteiger charge is 2.51. The molecule has 2 aromatic rings. The second-order valence-corrected chi connectivity index (χ2v) is 8.39. The molecular weight excluding hydrogens is 460 g/mol. The van der Waals surface area contributed by atoms with Crippen molar-refractivity contribution in [1.29, 1.82) is 0 Å². The van der Waals surface area contributed by atoms with E-state index in [1.54, 1.807) is 0 Å². The number of hydrogen-bond acceptors (Lipinski definition) is 8. The summed E-state index contributed by atoms with van der Waals surface area (Å²) in [4.78, 5) is 73.7. The Bertz CT molecular complexity index is 1240. The lowest BCUT2D eigenvalue weighted by molar-refractivity contribution is -0.385. The molecule has 2 aromatic carbocycles. The van der Waals surface area contributed by atoms with Crippen LogP contribution in [0.5, 0.6) is 0 Å². The highest BCUT2D eigenvalue weighted by molar-refractivity contribution is 6.09. The van der Waals surface area contributed by atoms with E-state index in [1.807, 2.05) is 0 Å². The normalized spacial score (nSPS) is 19.3. The van der Waals surface area contributed by atoms with Crippen LogP contribution in [0, 0.1) is 32.1 Å². The third-order valence-corrected chi connectivity index (χ3v) is 6.27. The summed E-state index contributed by atoms with van der Waals surface area (Å²) in [5, 5.41) is 23.6. The Labute approximate surface area is 198 Å². The smallest absolute Gasteiger partial charge is 0.273 e. The van der Waals surface area contributed by atoms with E-state index in [4.69, 9.17) is 0 Å². The number of hydrogen-bond donors (Lipinski definition) is 0. The number of nitro benzene ring substituents is 2. The Balaban J connectivity index is 1.72. The maximum Gasteiger partial charge on any atom is 0.273 e. The summed E-state index contributed by atoms with van der Waals surface area (Å²) >= 11 is 0. The number of imide groups is 1.